The Morgan fingerprint density at radius 2 is 1.16 bits per heavy atom. The Kier molecular flexibility index (Phi) is 10.8. The molecule has 0 aliphatic heterocycles. The van der Waals surface area contributed by atoms with Crippen molar-refractivity contribution < 1.29 is 24.6 Å². The summed E-state index contributed by atoms with van der Waals surface area (Å²) in [6.45, 7) is 0.189. The molecule has 13 nitrogen and oxygen atoms in total. The largest absolute Gasteiger partial charge is 0.481 e. The van der Waals surface area contributed by atoms with Gasteiger partial charge in [-0.15, -0.1) is 0 Å². The lowest BCUT2D eigenvalue weighted by Gasteiger charge is -2.29. The molecule has 0 aliphatic rings. The minimum absolute atomic E-state index is 0.0677. The number of carboxylic acid groups (broad SMARTS) is 2. The highest BCUT2D eigenvalue weighted by molar-refractivity contribution is 6.09. The maximum absolute atomic E-state index is 14.0. The Morgan fingerprint density at radius 1 is 0.643 bits per heavy atom. The topological polar surface area (TPSA) is 173 Å². The Labute approximate surface area is 320 Å². The molecule has 0 radical (unpaired) electrons. The number of nitrogens with zero attached hydrogens (tertiary/aromatic N) is 6. The van der Waals surface area contributed by atoms with Gasteiger partial charge in [-0.2, -0.15) is 4.98 Å². The number of nitrogens with one attached hydrogen (secondary N) is 1. The first-order chi connectivity index (χ1) is 27.3. The van der Waals surface area contributed by atoms with E-state index >= 15 is 0 Å². The van der Waals surface area contributed by atoms with Crippen molar-refractivity contribution in [2.75, 3.05) is 14.7 Å². The molecule has 2 aromatic heterocycles. The molecule has 3 N–H and O–H groups in total. The van der Waals surface area contributed by atoms with E-state index in [-0.39, 0.29) is 35.6 Å². The summed E-state index contributed by atoms with van der Waals surface area (Å²) in [5.74, 6) is -2.80. The molecule has 1 amide bonds. The summed E-state index contributed by atoms with van der Waals surface area (Å²) in [6, 6.07) is 42.1. The van der Waals surface area contributed by atoms with Gasteiger partial charge in [0.05, 0.1) is 18.4 Å². The quantitative estimate of drug-likeness (QED) is 0.101. The first-order valence-corrected chi connectivity index (χ1v) is 17.7. The molecular weight excluding hydrogens is 711 g/mol. The van der Waals surface area contributed by atoms with E-state index in [1.54, 1.807) is 60.8 Å². The van der Waals surface area contributed by atoms with Crippen LogP contribution in [-0.4, -0.2) is 54.0 Å². The molecule has 13 heteroatoms. The van der Waals surface area contributed by atoms with Crippen LogP contribution in [0.1, 0.15) is 28.9 Å². The number of benzene rings is 5. The molecule has 56 heavy (non-hydrogen) atoms. The van der Waals surface area contributed by atoms with E-state index in [1.165, 1.54) is 0 Å². The number of aromatic nitrogens is 4. The van der Waals surface area contributed by atoms with Gasteiger partial charge in [0, 0.05) is 40.4 Å². The van der Waals surface area contributed by atoms with Crippen LogP contribution in [0.25, 0.3) is 11.2 Å². The molecule has 0 aliphatic carbocycles. The second-order valence-electron chi connectivity index (χ2n) is 12.7. The highest BCUT2D eigenvalue weighted by Crippen LogP contribution is 2.32. The second-order valence-corrected chi connectivity index (χ2v) is 12.7. The lowest BCUT2D eigenvalue weighted by molar-refractivity contribution is -0.139. The number of carbonyl (C=O) groups is 3. The molecule has 278 valence electrons. The SMILES string of the molecule is O=C(O)CC[C@@H](C(=O)O)N(C(=O)c1ccc(N(Cc2cnc3nc(N(c4ccccc4)c4ccccc4)[nH]c(=O)c3n2)c2ccccc2)cc1)c1ccccc1. The summed E-state index contributed by atoms with van der Waals surface area (Å²) in [5.41, 5.74) is 3.83. The number of anilines is 6. The number of amides is 1. The van der Waals surface area contributed by atoms with E-state index in [4.69, 9.17) is 9.97 Å². The lowest BCUT2D eigenvalue weighted by Crippen LogP contribution is -2.45. The number of aliphatic carboxylic acids is 2. The minimum Gasteiger partial charge on any atom is -0.481 e. The van der Waals surface area contributed by atoms with Gasteiger partial charge in [-0.05, 0) is 79.2 Å². The average Bonchev–Trinajstić information content (AvgIpc) is 3.23. The summed E-state index contributed by atoms with van der Waals surface area (Å²) in [7, 11) is 0. The number of para-hydroxylation sites is 4. The van der Waals surface area contributed by atoms with E-state index < -0.39 is 35.9 Å². The van der Waals surface area contributed by atoms with Crippen molar-refractivity contribution in [3.05, 3.63) is 173 Å². The molecule has 0 bridgehead atoms. The van der Waals surface area contributed by atoms with Gasteiger partial charge in [0.15, 0.2) is 11.2 Å². The van der Waals surface area contributed by atoms with E-state index in [0.29, 0.717) is 17.1 Å². The number of hydrogen-bond donors (Lipinski definition) is 3. The Morgan fingerprint density at radius 3 is 1.70 bits per heavy atom. The van der Waals surface area contributed by atoms with Gasteiger partial charge in [-0.3, -0.25) is 29.2 Å². The zero-order valence-electron chi connectivity index (χ0n) is 29.8. The predicted molar refractivity (Wildman–Crippen MR) is 213 cm³/mol. The number of H-pyrrole nitrogens is 1. The molecule has 0 saturated carbocycles. The van der Waals surface area contributed by atoms with E-state index in [0.717, 1.165) is 22.0 Å². The summed E-state index contributed by atoms with van der Waals surface area (Å²) in [4.78, 5) is 73.1. The minimum atomic E-state index is -1.42. The van der Waals surface area contributed by atoms with Crippen LogP contribution >= 0.6 is 0 Å². The summed E-state index contributed by atoms with van der Waals surface area (Å²) >= 11 is 0. The highest BCUT2D eigenvalue weighted by atomic mass is 16.4. The fourth-order valence-electron chi connectivity index (χ4n) is 6.35. The smallest absolute Gasteiger partial charge is 0.326 e. The first-order valence-electron chi connectivity index (χ1n) is 17.7. The Balaban J connectivity index is 1.20. The first kappa shape index (κ1) is 36.7. The Bertz CT molecular complexity index is 2480. The fraction of sp³-hybridized carbons (Fsp3) is 0.0930. The number of carboxylic acids is 2. The van der Waals surface area contributed by atoms with Gasteiger partial charge in [0.1, 0.15) is 6.04 Å². The third kappa shape index (κ3) is 8.11. The molecule has 5 aromatic carbocycles. The maximum atomic E-state index is 14.0. The zero-order valence-corrected chi connectivity index (χ0v) is 29.8. The van der Waals surface area contributed by atoms with Crippen molar-refractivity contribution in [1.82, 2.24) is 19.9 Å². The van der Waals surface area contributed by atoms with Crippen LogP contribution in [0.15, 0.2) is 157 Å². The van der Waals surface area contributed by atoms with Crippen molar-refractivity contribution in [3.8, 4) is 0 Å². The van der Waals surface area contributed by atoms with Crippen LogP contribution in [0.5, 0.6) is 0 Å². The number of carbonyl (C=O) groups excluding carboxylic acids is 1. The molecular formula is C43H35N7O6. The second kappa shape index (κ2) is 16.6. The number of aromatic amines is 1. The maximum Gasteiger partial charge on any atom is 0.326 e. The molecule has 1 atom stereocenters. The standard InChI is InChI=1S/C43H35N7O6/c51-37(52)26-25-36(42(55)56)50(35-19-11-4-12-20-35)41(54)29-21-23-32(24-22-29)48(31-13-5-1-6-14-31)28-30-27-44-39-38(45-30)40(53)47-43(46-39)49(33-15-7-2-8-16-33)34-17-9-3-10-18-34/h1-24,27,36H,25-26,28H2,(H,51,52)(H,55,56)(H,44,46,47,53)/t36-/m0/s1. The molecule has 0 unspecified atom stereocenters. The molecule has 2 heterocycles. The third-order valence-corrected chi connectivity index (χ3v) is 8.99. The molecule has 7 rings (SSSR count). The number of rotatable bonds is 14. The van der Waals surface area contributed by atoms with E-state index in [2.05, 4.69) is 9.97 Å². The number of fused-ring (bicyclic) bond motifs is 1. The summed E-state index contributed by atoms with van der Waals surface area (Å²) in [6.07, 6.45) is 0.859. The van der Waals surface area contributed by atoms with Crippen LogP contribution in [0.2, 0.25) is 0 Å². The van der Waals surface area contributed by atoms with Gasteiger partial charge < -0.3 is 15.1 Å². The average molecular weight is 746 g/mol. The van der Waals surface area contributed by atoms with Crippen LogP contribution in [0, 0.1) is 0 Å². The molecule has 0 fully saturated rings. The van der Waals surface area contributed by atoms with Crippen molar-refractivity contribution in [2.45, 2.75) is 25.4 Å². The van der Waals surface area contributed by atoms with E-state index in [1.807, 2.05) is 101 Å². The van der Waals surface area contributed by atoms with Crippen LogP contribution in [0.3, 0.4) is 0 Å². The summed E-state index contributed by atoms with van der Waals surface area (Å²) < 4.78 is 0. The third-order valence-electron chi connectivity index (χ3n) is 8.99. The fourth-order valence-corrected chi connectivity index (χ4v) is 6.35. The van der Waals surface area contributed by atoms with Gasteiger partial charge in [-0.25, -0.2) is 14.8 Å². The predicted octanol–water partition coefficient (Wildman–Crippen LogP) is 7.49. The van der Waals surface area contributed by atoms with Crippen molar-refractivity contribution in [3.63, 3.8) is 0 Å². The van der Waals surface area contributed by atoms with Crippen molar-refractivity contribution in [1.29, 1.82) is 0 Å². The molecule has 0 spiro atoms. The van der Waals surface area contributed by atoms with Crippen LogP contribution in [-0.2, 0) is 16.1 Å². The van der Waals surface area contributed by atoms with Crippen LogP contribution in [0.4, 0.5) is 34.4 Å². The normalized spacial score (nSPS) is 11.4. The van der Waals surface area contributed by atoms with Gasteiger partial charge in [-0.1, -0.05) is 72.8 Å². The van der Waals surface area contributed by atoms with Crippen LogP contribution < -0.4 is 20.3 Å². The zero-order chi connectivity index (χ0) is 39.0. The Hall–Kier alpha value is -7.67. The highest BCUT2D eigenvalue weighted by Gasteiger charge is 2.32. The van der Waals surface area contributed by atoms with Gasteiger partial charge in [0.2, 0.25) is 5.95 Å². The molecule has 7 aromatic rings. The summed E-state index contributed by atoms with van der Waals surface area (Å²) in [5, 5.41) is 19.4. The van der Waals surface area contributed by atoms with Gasteiger partial charge >= 0.3 is 11.9 Å². The van der Waals surface area contributed by atoms with E-state index in [9.17, 15) is 29.4 Å². The lowest BCUT2D eigenvalue weighted by atomic mass is 10.1. The van der Waals surface area contributed by atoms with Gasteiger partial charge in [0.25, 0.3) is 11.5 Å². The van der Waals surface area contributed by atoms with Crippen molar-refractivity contribution >= 4 is 63.4 Å². The van der Waals surface area contributed by atoms with Crippen molar-refractivity contribution in [2.24, 2.45) is 0 Å². The monoisotopic (exact) mass is 745 g/mol. The molecule has 0 saturated heterocycles. The number of hydrogen-bond acceptors (Lipinski definition) is 9.